The zero-order chi connectivity index (χ0) is 31.6. The summed E-state index contributed by atoms with van der Waals surface area (Å²) in [6, 6.07) is 20.1. The first kappa shape index (κ1) is 30.5. The van der Waals surface area contributed by atoms with E-state index in [-0.39, 0.29) is 12.3 Å². The molecule has 4 N–H and O–H groups in total. The number of imidazole rings is 1. The third-order valence-electron chi connectivity index (χ3n) is 7.91. The van der Waals surface area contributed by atoms with Gasteiger partial charge in [-0.15, -0.1) is 0 Å². The summed E-state index contributed by atoms with van der Waals surface area (Å²) >= 11 is 0. The van der Waals surface area contributed by atoms with Crippen LogP contribution in [-0.2, 0) is 28.9 Å². The van der Waals surface area contributed by atoms with E-state index in [0.29, 0.717) is 24.4 Å². The molecule has 2 atom stereocenters. The van der Waals surface area contributed by atoms with Gasteiger partial charge in [-0.25, -0.2) is 9.78 Å². The summed E-state index contributed by atoms with van der Waals surface area (Å²) in [4.78, 5) is 49.5. The van der Waals surface area contributed by atoms with E-state index in [1.807, 2.05) is 62.4 Å². The average molecular weight is 594 g/mol. The first-order valence-electron chi connectivity index (χ1n) is 14.8. The number of ether oxygens (including phenoxy) is 1. The number of rotatable bonds is 7. The van der Waals surface area contributed by atoms with Gasteiger partial charge in [0.2, 0.25) is 11.8 Å². The molecule has 1 aromatic heterocycles. The SMILES string of the molecule is Cc1cc(C(N)=O)cc(C)c1C[C@H](NC(=O)OC(C)(C)C)C(=O)N1Cc2ccccc2C[C@H]1c1ncc(-c2ccccc2)[nH]1. The van der Waals surface area contributed by atoms with Crippen LogP contribution in [0.2, 0.25) is 0 Å². The van der Waals surface area contributed by atoms with Gasteiger partial charge in [0.25, 0.3) is 0 Å². The number of aryl methyl sites for hydroxylation is 2. The number of alkyl carbamates (subject to hydrolysis) is 1. The number of nitrogens with two attached hydrogens (primary N) is 1. The highest BCUT2D eigenvalue weighted by Gasteiger charge is 2.37. The first-order chi connectivity index (χ1) is 20.9. The maximum absolute atomic E-state index is 14.6. The number of aromatic amines is 1. The third kappa shape index (κ3) is 6.83. The molecule has 0 bridgehead atoms. The molecule has 0 aliphatic carbocycles. The molecular weight excluding hydrogens is 554 g/mol. The van der Waals surface area contributed by atoms with Crippen LogP contribution in [0, 0.1) is 13.8 Å². The number of amides is 3. The van der Waals surface area contributed by atoms with Crippen LogP contribution in [-0.4, -0.2) is 44.4 Å². The number of benzene rings is 3. The molecule has 2 heterocycles. The van der Waals surface area contributed by atoms with Gasteiger partial charge in [-0.2, -0.15) is 0 Å². The number of H-pyrrole nitrogens is 1. The van der Waals surface area contributed by atoms with E-state index in [2.05, 4.69) is 16.4 Å². The van der Waals surface area contributed by atoms with Crippen LogP contribution in [0.4, 0.5) is 4.79 Å². The van der Waals surface area contributed by atoms with Crippen molar-refractivity contribution in [2.24, 2.45) is 5.73 Å². The maximum Gasteiger partial charge on any atom is 0.408 e. The molecule has 0 saturated heterocycles. The van der Waals surface area contributed by atoms with Gasteiger partial charge in [0.15, 0.2) is 0 Å². The molecule has 5 rings (SSSR count). The lowest BCUT2D eigenvalue weighted by Crippen LogP contribution is -2.52. The lowest BCUT2D eigenvalue weighted by Gasteiger charge is -2.38. The van der Waals surface area contributed by atoms with Crippen LogP contribution in [0.3, 0.4) is 0 Å². The fraction of sp³-hybridized carbons (Fsp3) is 0.314. The summed E-state index contributed by atoms with van der Waals surface area (Å²) in [5, 5.41) is 2.86. The minimum atomic E-state index is -0.946. The highest BCUT2D eigenvalue weighted by atomic mass is 16.6. The number of primary amides is 1. The predicted octanol–water partition coefficient (Wildman–Crippen LogP) is 5.55. The van der Waals surface area contributed by atoms with E-state index in [4.69, 9.17) is 15.5 Å². The number of hydrogen-bond acceptors (Lipinski definition) is 5. The zero-order valence-corrected chi connectivity index (χ0v) is 25.8. The molecule has 3 amide bonds. The van der Waals surface area contributed by atoms with Crippen LogP contribution >= 0.6 is 0 Å². The number of nitrogens with zero attached hydrogens (tertiary/aromatic N) is 2. The van der Waals surface area contributed by atoms with Crippen LogP contribution in [0.15, 0.2) is 72.9 Å². The molecule has 0 unspecified atom stereocenters. The van der Waals surface area contributed by atoms with Crippen molar-refractivity contribution in [2.45, 2.75) is 71.7 Å². The summed E-state index contributed by atoms with van der Waals surface area (Å²) < 4.78 is 5.57. The van der Waals surface area contributed by atoms with Crippen molar-refractivity contribution in [3.05, 3.63) is 112 Å². The summed E-state index contributed by atoms with van der Waals surface area (Å²) in [6.45, 7) is 9.43. The lowest BCUT2D eigenvalue weighted by molar-refractivity contribution is -0.137. The van der Waals surface area contributed by atoms with Crippen molar-refractivity contribution in [3.63, 3.8) is 0 Å². The minimum absolute atomic E-state index is 0.201. The maximum atomic E-state index is 14.6. The molecule has 3 aromatic carbocycles. The van der Waals surface area contributed by atoms with Crippen molar-refractivity contribution in [3.8, 4) is 11.3 Å². The van der Waals surface area contributed by atoms with E-state index in [1.54, 1.807) is 44.0 Å². The van der Waals surface area contributed by atoms with Crippen LogP contribution in [0.5, 0.6) is 0 Å². The molecule has 9 nitrogen and oxygen atoms in total. The van der Waals surface area contributed by atoms with Crippen LogP contribution in [0.1, 0.15) is 70.8 Å². The van der Waals surface area contributed by atoms with E-state index in [1.165, 1.54) is 0 Å². The van der Waals surface area contributed by atoms with Crippen molar-refractivity contribution in [2.75, 3.05) is 0 Å². The second kappa shape index (κ2) is 12.4. The number of carbonyl (C=O) groups excluding carboxylic acids is 3. The molecule has 4 aromatic rings. The van der Waals surface area contributed by atoms with Gasteiger partial charge in [0, 0.05) is 24.9 Å². The normalized spacial score (nSPS) is 15.3. The van der Waals surface area contributed by atoms with E-state index >= 15 is 0 Å². The first-order valence-corrected chi connectivity index (χ1v) is 14.8. The van der Waals surface area contributed by atoms with Crippen molar-refractivity contribution in [1.29, 1.82) is 0 Å². The number of nitrogens with one attached hydrogen (secondary N) is 2. The average Bonchev–Trinajstić information content (AvgIpc) is 3.47. The molecule has 1 aliphatic rings. The minimum Gasteiger partial charge on any atom is -0.444 e. The molecule has 0 radical (unpaired) electrons. The Bertz CT molecular complexity index is 1670. The summed E-state index contributed by atoms with van der Waals surface area (Å²) in [5.74, 6) is -0.114. The molecule has 0 spiro atoms. The zero-order valence-electron chi connectivity index (χ0n) is 25.8. The fourth-order valence-electron chi connectivity index (χ4n) is 5.78. The molecule has 0 saturated carbocycles. The van der Waals surface area contributed by atoms with Crippen molar-refractivity contribution in [1.82, 2.24) is 20.2 Å². The van der Waals surface area contributed by atoms with Crippen molar-refractivity contribution < 1.29 is 19.1 Å². The Hall–Kier alpha value is -4.92. The Kier molecular flexibility index (Phi) is 8.58. The second-order valence-corrected chi connectivity index (χ2v) is 12.4. The number of carbonyl (C=O) groups is 3. The molecule has 44 heavy (non-hydrogen) atoms. The molecular formula is C35H39N5O4. The predicted molar refractivity (Wildman–Crippen MR) is 169 cm³/mol. The van der Waals surface area contributed by atoms with Gasteiger partial charge in [0.1, 0.15) is 17.5 Å². The Morgan fingerprint density at radius 1 is 1.02 bits per heavy atom. The second-order valence-electron chi connectivity index (χ2n) is 12.4. The highest BCUT2D eigenvalue weighted by molar-refractivity contribution is 5.93. The van der Waals surface area contributed by atoms with Crippen LogP contribution < -0.4 is 11.1 Å². The Labute approximate surface area is 257 Å². The summed E-state index contributed by atoms with van der Waals surface area (Å²) in [5.41, 5.74) is 11.7. The van der Waals surface area contributed by atoms with Crippen LogP contribution in [0.25, 0.3) is 11.3 Å². The van der Waals surface area contributed by atoms with Gasteiger partial charge in [-0.1, -0.05) is 54.6 Å². The van der Waals surface area contributed by atoms with Gasteiger partial charge < -0.3 is 25.7 Å². The summed E-state index contributed by atoms with van der Waals surface area (Å²) in [6.07, 6.45) is 1.87. The van der Waals surface area contributed by atoms with Gasteiger partial charge in [-0.05, 0) is 80.1 Å². The quantitative estimate of drug-likeness (QED) is 0.259. The largest absolute Gasteiger partial charge is 0.444 e. The standard InChI is InChI=1S/C35H39N5O4/c1-21-15-26(31(36)41)16-22(2)27(21)18-28(39-34(43)44-35(3,4)5)33(42)40-20-25-14-10-9-13-24(25)17-30(40)32-37-19-29(38-32)23-11-7-6-8-12-23/h6-16,19,28,30H,17-18,20H2,1-5H3,(H2,36,41)(H,37,38)(H,39,43)/t28-,30-/m0/s1. The summed E-state index contributed by atoms with van der Waals surface area (Å²) in [7, 11) is 0. The molecule has 9 heteroatoms. The number of hydrogen-bond donors (Lipinski definition) is 3. The Morgan fingerprint density at radius 2 is 1.66 bits per heavy atom. The highest BCUT2D eigenvalue weighted by Crippen LogP contribution is 2.34. The van der Waals surface area contributed by atoms with E-state index in [0.717, 1.165) is 39.1 Å². The van der Waals surface area contributed by atoms with Gasteiger partial charge in [-0.3, -0.25) is 9.59 Å². The molecule has 1 aliphatic heterocycles. The fourth-order valence-corrected chi connectivity index (χ4v) is 5.78. The Morgan fingerprint density at radius 3 is 2.30 bits per heavy atom. The molecule has 0 fully saturated rings. The third-order valence-corrected chi connectivity index (χ3v) is 7.91. The van der Waals surface area contributed by atoms with Gasteiger partial charge in [0.05, 0.1) is 17.9 Å². The monoisotopic (exact) mass is 593 g/mol. The van der Waals surface area contributed by atoms with Crippen molar-refractivity contribution >= 4 is 17.9 Å². The Balaban J connectivity index is 1.53. The van der Waals surface area contributed by atoms with Gasteiger partial charge >= 0.3 is 6.09 Å². The van der Waals surface area contributed by atoms with E-state index in [9.17, 15) is 14.4 Å². The smallest absolute Gasteiger partial charge is 0.408 e. The lowest BCUT2D eigenvalue weighted by atomic mass is 9.90. The van der Waals surface area contributed by atoms with E-state index < -0.39 is 29.7 Å². The number of fused-ring (bicyclic) bond motifs is 1. The number of aromatic nitrogens is 2. The molecule has 228 valence electrons. The topological polar surface area (TPSA) is 130 Å².